The standard InChI is InChI=1S/C22H23N5O3/c1-15-17(14-24-27(15)20-7-3-5-11-23-20)22(29)25-16-9-10-19(30-2)18(13-16)26-12-6-4-8-21(26)28/h3,5,7,9-11,13-14H,4,6,8,12H2,1-2H3,(H,25,29). The highest BCUT2D eigenvalue weighted by atomic mass is 16.5. The lowest BCUT2D eigenvalue weighted by atomic mass is 10.1. The molecular weight excluding hydrogens is 382 g/mol. The Balaban J connectivity index is 1.59. The summed E-state index contributed by atoms with van der Waals surface area (Å²) < 4.78 is 7.06. The zero-order valence-electron chi connectivity index (χ0n) is 17.0. The van der Waals surface area contributed by atoms with Crippen molar-refractivity contribution < 1.29 is 14.3 Å². The molecule has 3 heterocycles. The number of carbonyl (C=O) groups excluding carboxylic acids is 2. The summed E-state index contributed by atoms with van der Waals surface area (Å²) in [5.74, 6) is 1.03. The van der Waals surface area contributed by atoms with E-state index in [1.54, 1.807) is 41.1 Å². The summed E-state index contributed by atoms with van der Waals surface area (Å²) in [6, 6.07) is 10.8. The highest BCUT2D eigenvalue weighted by Crippen LogP contribution is 2.33. The summed E-state index contributed by atoms with van der Waals surface area (Å²) in [4.78, 5) is 31.3. The van der Waals surface area contributed by atoms with Gasteiger partial charge in [0.05, 0.1) is 30.3 Å². The number of amides is 2. The second-order valence-electron chi connectivity index (χ2n) is 7.09. The van der Waals surface area contributed by atoms with Gasteiger partial charge in [0.25, 0.3) is 5.91 Å². The molecule has 0 atom stereocenters. The lowest BCUT2D eigenvalue weighted by Gasteiger charge is -2.28. The van der Waals surface area contributed by atoms with Gasteiger partial charge >= 0.3 is 0 Å². The summed E-state index contributed by atoms with van der Waals surface area (Å²) >= 11 is 0. The first-order valence-corrected chi connectivity index (χ1v) is 9.84. The van der Waals surface area contributed by atoms with Crippen LogP contribution < -0.4 is 15.0 Å². The van der Waals surface area contributed by atoms with Gasteiger partial charge in [-0.25, -0.2) is 9.67 Å². The SMILES string of the molecule is COc1ccc(NC(=O)c2cnn(-c3ccccn3)c2C)cc1N1CCCCC1=O. The summed E-state index contributed by atoms with van der Waals surface area (Å²) in [6.07, 6.45) is 5.56. The third kappa shape index (κ3) is 3.76. The van der Waals surface area contributed by atoms with Crippen LogP contribution in [0.4, 0.5) is 11.4 Å². The van der Waals surface area contributed by atoms with Gasteiger partial charge in [-0.2, -0.15) is 5.10 Å². The van der Waals surface area contributed by atoms with Crippen molar-refractivity contribution in [3.8, 4) is 11.6 Å². The Kier molecular flexibility index (Phi) is 5.47. The second-order valence-corrected chi connectivity index (χ2v) is 7.09. The van der Waals surface area contributed by atoms with Crippen molar-refractivity contribution in [1.82, 2.24) is 14.8 Å². The number of benzene rings is 1. The Morgan fingerprint density at radius 1 is 1.20 bits per heavy atom. The number of hydrogen-bond donors (Lipinski definition) is 1. The average molecular weight is 405 g/mol. The van der Waals surface area contributed by atoms with E-state index in [0.717, 1.165) is 12.8 Å². The van der Waals surface area contributed by atoms with Crippen molar-refractivity contribution >= 4 is 23.2 Å². The van der Waals surface area contributed by atoms with E-state index in [9.17, 15) is 9.59 Å². The first-order chi connectivity index (χ1) is 14.6. The van der Waals surface area contributed by atoms with Gasteiger partial charge in [0, 0.05) is 24.8 Å². The van der Waals surface area contributed by atoms with Gasteiger partial charge in [-0.15, -0.1) is 0 Å². The molecule has 1 saturated heterocycles. The maximum Gasteiger partial charge on any atom is 0.259 e. The fourth-order valence-corrected chi connectivity index (χ4v) is 3.58. The predicted molar refractivity (Wildman–Crippen MR) is 113 cm³/mol. The minimum atomic E-state index is -0.282. The van der Waals surface area contributed by atoms with Crippen molar-refractivity contribution in [3.63, 3.8) is 0 Å². The molecule has 2 aromatic heterocycles. The van der Waals surface area contributed by atoms with Gasteiger partial charge in [0.2, 0.25) is 5.91 Å². The number of methoxy groups -OCH3 is 1. The number of pyridine rings is 1. The molecule has 0 spiro atoms. The topological polar surface area (TPSA) is 89.3 Å². The van der Waals surface area contributed by atoms with Crippen LogP contribution in [0, 0.1) is 6.92 Å². The molecule has 1 aromatic carbocycles. The van der Waals surface area contributed by atoms with Crippen LogP contribution in [0.5, 0.6) is 5.75 Å². The van der Waals surface area contributed by atoms with E-state index in [1.807, 2.05) is 25.1 Å². The van der Waals surface area contributed by atoms with E-state index >= 15 is 0 Å². The van der Waals surface area contributed by atoms with E-state index in [2.05, 4.69) is 15.4 Å². The van der Waals surface area contributed by atoms with E-state index in [-0.39, 0.29) is 11.8 Å². The molecule has 4 rings (SSSR count). The van der Waals surface area contributed by atoms with Crippen molar-refractivity contribution in [1.29, 1.82) is 0 Å². The molecule has 0 radical (unpaired) electrons. The molecule has 1 aliphatic rings. The van der Waals surface area contributed by atoms with Gasteiger partial charge in [0.1, 0.15) is 5.75 Å². The Hall–Kier alpha value is -3.68. The molecule has 1 N–H and O–H groups in total. The maximum atomic E-state index is 12.9. The fourth-order valence-electron chi connectivity index (χ4n) is 3.58. The van der Waals surface area contributed by atoms with Gasteiger partial charge in [-0.05, 0) is 50.1 Å². The van der Waals surface area contributed by atoms with E-state index < -0.39 is 0 Å². The van der Waals surface area contributed by atoms with Gasteiger partial charge in [0.15, 0.2) is 5.82 Å². The number of ether oxygens (including phenoxy) is 1. The Morgan fingerprint density at radius 2 is 2.07 bits per heavy atom. The third-order valence-electron chi connectivity index (χ3n) is 5.17. The number of anilines is 2. The molecular formula is C22H23N5O3. The summed E-state index contributed by atoms with van der Waals surface area (Å²) in [5.41, 5.74) is 2.39. The van der Waals surface area contributed by atoms with E-state index in [4.69, 9.17) is 4.74 Å². The number of nitrogens with zero attached hydrogens (tertiary/aromatic N) is 4. The quantitative estimate of drug-likeness (QED) is 0.703. The molecule has 8 heteroatoms. The van der Waals surface area contributed by atoms with Crippen molar-refractivity contribution in [2.45, 2.75) is 26.2 Å². The monoisotopic (exact) mass is 405 g/mol. The molecule has 8 nitrogen and oxygen atoms in total. The van der Waals surface area contributed by atoms with E-state index in [1.165, 1.54) is 6.20 Å². The number of piperidine rings is 1. The highest BCUT2D eigenvalue weighted by molar-refractivity contribution is 6.05. The molecule has 0 unspecified atom stereocenters. The number of nitrogens with one attached hydrogen (secondary N) is 1. The number of hydrogen-bond acceptors (Lipinski definition) is 5. The van der Waals surface area contributed by atoms with Gasteiger partial charge in [-0.3, -0.25) is 9.59 Å². The summed E-state index contributed by atoms with van der Waals surface area (Å²) in [7, 11) is 1.57. The predicted octanol–water partition coefficient (Wildman–Crippen LogP) is 3.35. The van der Waals surface area contributed by atoms with Crippen LogP contribution in [0.3, 0.4) is 0 Å². The zero-order valence-corrected chi connectivity index (χ0v) is 17.0. The normalized spacial score (nSPS) is 13.9. The maximum absolute atomic E-state index is 12.9. The van der Waals surface area contributed by atoms with Crippen LogP contribution in [0.2, 0.25) is 0 Å². The Bertz CT molecular complexity index is 1080. The largest absolute Gasteiger partial charge is 0.495 e. The van der Waals surface area contributed by atoms with Crippen molar-refractivity contribution in [3.05, 3.63) is 60.0 Å². The summed E-state index contributed by atoms with van der Waals surface area (Å²) in [5, 5.41) is 7.20. The minimum absolute atomic E-state index is 0.0653. The lowest BCUT2D eigenvalue weighted by molar-refractivity contribution is -0.119. The van der Waals surface area contributed by atoms with Crippen molar-refractivity contribution in [2.75, 3.05) is 23.9 Å². The molecule has 30 heavy (non-hydrogen) atoms. The highest BCUT2D eigenvalue weighted by Gasteiger charge is 2.23. The van der Waals surface area contributed by atoms with E-state index in [0.29, 0.717) is 47.2 Å². The Labute approximate surface area is 174 Å². The van der Waals surface area contributed by atoms with Crippen LogP contribution in [0.25, 0.3) is 5.82 Å². The van der Waals surface area contributed by atoms with Crippen LogP contribution in [-0.4, -0.2) is 40.2 Å². The van der Waals surface area contributed by atoms with Crippen molar-refractivity contribution in [2.24, 2.45) is 0 Å². The number of rotatable bonds is 5. The molecule has 3 aromatic rings. The van der Waals surface area contributed by atoms with Crippen LogP contribution in [-0.2, 0) is 4.79 Å². The first kappa shape index (κ1) is 19.6. The average Bonchev–Trinajstić information content (AvgIpc) is 3.16. The molecule has 0 bridgehead atoms. The minimum Gasteiger partial charge on any atom is -0.495 e. The zero-order chi connectivity index (χ0) is 21.1. The molecule has 1 aliphatic heterocycles. The lowest BCUT2D eigenvalue weighted by Crippen LogP contribution is -2.35. The summed E-state index contributed by atoms with van der Waals surface area (Å²) in [6.45, 7) is 2.46. The molecule has 1 fully saturated rings. The Morgan fingerprint density at radius 3 is 2.80 bits per heavy atom. The molecule has 2 amide bonds. The number of carbonyl (C=O) groups is 2. The first-order valence-electron chi connectivity index (χ1n) is 9.84. The number of aromatic nitrogens is 3. The van der Waals surface area contributed by atoms with Gasteiger partial charge < -0.3 is 15.0 Å². The third-order valence-corrected chi connectivity index (χ3v) is 5.17. The van der Waals surface area contributed by atoms with Crippen LogP contribution >= 0.6 is 0 Å². The molecule has 154 valence electrons. The smallest absolute Gasteiger partial charge is 0.259 e. The van der Waals surface area contributed by atoms with Gasteiger partial charge in [-0.1, -0.05) is 6.07 Å². The van der Waals surface area contributed by atoms with Crippen LogP contribution in [0.15, 0.2) is 48.8 Å². The molecule has 0 aliphatic carbocycles. The fraction of sp³-hybridized carbons (Fsp3) is 0.273. The second kappa shape index (κ2) is 8.36. The molecule has 0 saturated carbocycles. The van der Waals surface area contributed by atoms with Crippen LogP contribution in [0.1, 0.15) is 35.3 Å².